The van der Waals surface area contributed by atoms with Gasteiger partial charge in [0.05, 0.1) is 17.2 Å². The Kier molecular flexibility index (Phi) is 3.50. The average Bonchev–Trinajstić information content (AvgIpc) is 2.51. The van der Waals surface area contributed by atoms with Crippen molar-refractivity contribution in [3.63, 3.8) is 0 Å². The largest absolute Gasteiger partial charge is 0.482 e. The number of anilines is 1. The molecule has 2 aromatic rings. The molecule has 6 heteroatoms. The summed E-state index contributed by atoms with van der Waals surface area (Å²) in [7, 11) is 0. The van der Waals surface area contributed by atoms with E-state index in [0.29, 0.717) is 12.3 Å². The van der Waals surface area contributed by atoms with Crippen LogP contribution in [0, 0.1) is 17.0 Å². The Morgan fingerprint density at radius 3 is 2.64 bits per heavy atom. The van der Waals surface area contributed by atoms with Gasteiger partial charge in [0.1, 0.15) is 5.75 Å². The minimum Gasteiger partial charge on any atom is -0.482 e. The Balaban J connectivity index is 1.90. The number of nitro benzene ring substituents is 1. The van der Waals surface area contributed by atoms with Crippen LogP contribution >= 0.6 is 0 Å². The summed E-state index contributed by atoms with van der Waals surface area (Å²) in [5.74, 6) is 0.545. The SMILES string of the molecule is Cc1ccc2c(c1)N(Cc1ccc([N+](=O)[O-])cc1)C(=O)CO2. The number of rotatable bonds is 3. The molecule has 3 rings (SSSR count). The van der Waals surface area contributed by atoms with Crippen LogP contribution in [0.1, 0.15) is 11.1 Å². The molecule has 6 nitrogen and oxygen atoms in total. The highest BCUT2D eigenvalue weighted by Gasteiger charge is 2.25. The van der Waals surface area contributed by atoms with Crippen molar-refractivity contribution in [3.05, 3.63) is 63.7 Å². The van der Waals surface area contributed by atoms with E-state index in [0.717, 1.165) is 16.8 Å². The molecule has 0 N–H and O–H groups in total. The lowest BCUT2D eigenvalue weighted by Gasteiger charge is -2.29. The molecule has 0 atom stereocenters. The van der Waals surface area contributed by atoms with E-state index < -0.39 is 4.92 Å². The molecule has 1 aliphatic rings. The van der Waals surface area contributed by atoms with E-state index in [1.807, 2.05) is 25.1 Å². The van der Waals surface area contributed by atoms with Gasteiger partial charge < -0.3 is 9.64 Å². The van der Waals surface area contributed by atoms with Gasteiger partial charge in [-0.2, -0.15) is 0 Å². The second kappa shape index (κ2) is 5.48. The molecule has 0 unspecified atom stereocenters. The number of amides is 1. The molecular formula is C16H14N2O4. The molecule has 22 heavy (non-hydrogen) atoms. The van der Waals surface area contributed by atoms with E-state index in [1.54, 1.807) is 17.0 Å². The van der Waals surface area contributed by atoms with Gasteiger partial charge in [0.15, 0.2) is 6.61 Å². The predicted molar refractivity (Wildman–Crippen MR) is 81.0 cm³/mol. The van der Waals surface area contributed by atoms with Crippen LogP contribution in [0.25, 0.3) is 0 Å². The number of ether oxygens (including phenoxy) is 1. The molecule has 0 saturated carbocycles. The average molecular weight is 298 g/mol. The van der Waals surface area contributed by atoms with Gasteiger partial charge in [0.2, 0.25) is 0 Å². The van der Waals surface area contributed by atoms with Gasteiger partial charge in [-0.05, 0) is 30.2 Å². The van der Waals surface area contributed by atoms with Crippen LogP contribution in [0.15, 0.2) is 42.5 Å². The predicted octanol–water partition coefficient (Wildman–Crippen LogP) is 2.83. The smallest absolute Gasteiger partial charge is 0.269 e. The lowest BCUT2D eigenvalue weighted by Crippen LogP contribution is -2.38. The zero-order valence-electron chi connectivity index (χ0n) is 12.0. The van der Waals surface area contributed by atoms with E-state index in [9.17, 15) is 14.9 Å². The maximum atomic E-state index is 12.1. The number of carbonyl (C=O) groups is 1. The molecular weight excluding hydrogens is 284 g/mol. The van der Waals surface area contributed by atoms with Crippen molar-refractivity contribution >= 4 is 17.3 Å². The highest BCUT2D eigenvalue weighted by Crippen LogP contribution is 2.33. The maximum Gasteiger partial charge on any atom is 0.269 e. The minimum absolute atomic E-state index is 0.00302. The van der Waals surface area contributed by atoms with Crippen molar-refractivity contribution in [1.82, 2.24) is 0 Å². The van der Waals surface area contributed by atoms with Crippen molar-refractivity contribution in [2.45, 2.75) is 13.5 Å². The molecule has 0 radical (unpaired) electrons. The summed E-state index contributed by atoms with van der Waals surface area (Å²) in [6.07, 6.45) is 0. The topological polar surface area (TPSA) is 72.7 Å². The van der Waals surface area contributed by atoms with E-state index in [2.05, 4.69) is 0 Å². The molecule has 0 fully saturated rings. The number of hydrogen-bond donors (Lipinski definition) is 0. The first-order valence-corrected chi connectivity index (χ1v) is 6.82. The highest BCUT2D eigenvalue weighted by molar-refractivity contribution is 5.97. The summed E-state index contributed by atoms with van der Waals surface area (Å²) in [6, 6.07) is 11.9. The first kappa shape index (κ1) is 14.1. The first-order chi connectivity index (χ1) is 10.5. The van der Waals surface area contributed by atoms with Crippen LogP contribution < -0.4 is 9.64 Å². The number of aryl methyl sites for hydroxylation is 1. The van der Waals surface area contributed by atoms with Crippen LogP contribution in [0.3, 0.4) is 0 Å². The fourth-order valence-corrected chi connectivity index (χ4v) is 2.39. The molecule has 1 amide bonds. The van der Waals surface area contributed by atoms with E-state index in [-0.39, 0.29) is 18.2 Å². The Hall–Kier alpha value is -2.89. The zero-order valence-corrected chi connectivity index (χ0v) is 12.0. The number of non-ortho nitro benzene ring substituents is 1. The van der Waals surface area contributed by atoms with E-state index in [1.165, 1.54) is 12.1 Å². The molecule has 0 saturated heterocycles. The summed E-state index contributed by atoms with van der Waals surface area (Å²) in [5, 5.41) is 10.7. The van der Waals surface area contributed by atoms with E-state index >= 15 is 0 Å². The number of benzene rings is 2. The Bertz CT molecular complexity index is 740. The van der Waals surface area contributed by atoms with Crippen molar-refractivity contribution in [2.75, 3.05) is 11.5 Å². The second-order valence-electron chi connectivity index (χ2n) is 5.16. The summed E-state index contributed by atoms with van der Waals surface area (Å²) >= 11 is 0. The van der Waals surface area contributed by atoms with Gasteiger partial charge >= 0.3 is 0 Å². The van der Waals surface area contributed by atoms with Gasteiger partial charge in [-0.3, -0.25) is 14.9 Å². The van der Waals surface area contributed by atoms with Crippen LogP contribution in [0.5, 0.6) is 5.75 Å². The van der Waals surface area contributed by atoms with Gasteiger partial charge in [-0.25, -0.2) is 0 Å². The minimum atomic E-state index is -0.442. The van der Waals surface area contributed by atoms with Gasteiger partial charge in [-0.15, -0.1) is 0 Å². The standard InChI is InChI=1S/C16H14N2O4/c1-11-2-7-15-14(8-11)17(16(19)10-22-15)9-12-3-5-13(6-4-12)18(20)21/h2-8H,9-10H2,1H3. The van der Waals surface area contributed by atoms with Crippen molar-refractivity contribution in [1.29, 1.82) is 0 Å². The third-order valence-electron chi connectivity index (χ3n) is 3.55. The number of nitrogens with zero attached hydrogens (tertiary/aromatic N) is 2. The number of nitro groups is 1. The zero-order chi connectivity index (χ0) is 15.7. The fourth-order valence-electron chi connectivity index (χ4n) is 2.39. The molecule has 0 aliphatic carbocycles. The van der Waals surface area contributed by atoms with Crippen LogP contribution in [-0.4, -0.2) is 17.4 Å². The fraction of sp³-hybridized carbons (Fsp3) is 0.188. The van der Waals surface area contributed by atoms with Crippen LogP contribution in [0.2, 0.25) is 0 Å². The van der Waals surface area contributed by atoms with E-state index in [4.69, 9.17) is 4.74 Å². The molecule has 2 aromatic carbocycles. The van der Waals surface area contributed by atoms with Crippen LogP contribution in [0.4, 0.5) is 11.4 Å². The Labute approximate surface area is 127 Å². The molecule has 0 aromatic heterocycles. The quantitative estimate of drug-likeness (QED) is 0.645. The highest BCUT2D eigenvalue weighted by atomic mass is 16.6. The van der Waals surface area contributed by atoms with Crippen molar-refractivity contribution in [3.8, 4) is 5.75 Å². The number of fused-ring (bicyclic) bond motifs is 1. The van der Waals surface area contributed by atoms with Gasteiger partial charge in [0, 0.05) is 12.1 Å². The van der Waals surface area contributed by atoms with Crippen molar-refractivity contribution < 1.29 is 14.5 Å². The lowest BCUT2D eigenvalue weighted by molar-refractivity contribution is -0.384. The molecule has 1 heterocycles. The molecule has 112 valence electrons. The summed E-state index contributed by atoms with van der Waals surface area (Å²) < 4.78 is 5.43. The summed E-state index contributed by atoms with van der Waals surface area (Å²) in [4.78, 5) is 24.0. The molecule has 0 spiro atoms. The van der Waals surface area contributed by atoms with Crippen LogP contribution in [-0.2, 0) is 11.3 Å². The van der Waals surface area contributed by atoms with Gasteiger partial charge in [-0.1, -0.05) is 18.2 Å². The lowest BCUT2D eigenvalue weighted by atomic mass is 10.1. The molecule has 0 bridgehead atoms. The monoisotopic (exact) mass is 298 g/mol. The van der Waals surface area contributed by atoms with Crippen molar-refractivity contribution in [2.24, 2.45) is 0 Å². The van der Waals surface area contributed by atoms with Gasteiger partial charge in [0.25, 0.3) is 11.6 Å². The molecule has 1 aliphatic heterocycles. The summed E-state index contributed by atoms with van der Waals surface area (Å²) in [5.41, 5.74) is 2.63. The maximum absolute atomic E-state index is 12.1. The number of hydrogen-bond acceptors (Lipinski definition) is 4. The Morgan fingerprint density at radius 2 is 1.95 bits per heavy atom. The first-order valence-electron chi connectivity index (χ1n) is 6.82. The third kappa shape index (κ3) is 2.63. The normalized spacial score (nSPS) is 13.5. The number of carbonyl (C=O) groups excluding carboxylic acids is 1. The summed E-state index contributed by atoms with van der Waals surface area (Å²) in [6.45, 7) is 2.31. The second-order valence-corrected chi connectivity index (χ2v) is 5.16. The third-order valence-corrected chi connectivity index (χ3v) is 3.55. The Morgan fingerprint density at radius 1 is 1.23 bits per heavy atom.